The highest BCUT2D eigenvalue weighted by Gasteiger charge is 2.23. The summed E-state index contributed by atoms with van der Waals surface area (Å²) in [5.41, 5.74) is 11.9. The number of fused-ring (bicyclic) bond motifs is 6. The monoisotopic (exact) mass is 709 g/mol. The van der Waals surface area contributed by atoms with E-state index in [9.17, 15) is 0 Å². The quantitative estimate of drug-likeness (QED) is 0.153. The van der Waals surface area contributed by atoms with Gasteiger partial charge in [0.2, 0.25) is 0 Å². The maximum Gasteiger partial charge on any atom is 0.119 e. The third kappa shape index (κ3) is 6.20. The zero-order valence-electron chi connectivity index (χ0n) is 31.8. The Morgan fingerprint density at radius 1 is 0.400 bits per heavy atom. The molecule has 0 bridgehead atoms. The van der Waals surface area contributed by atoms with Gasteiger partial charge in [-0.2, -0.15) is 0 Å². The zero-order valence-corrected chi connectivity index (χ0v) is 31.8. The van der Waals surface area contributed by atoms with Crippen LogP contribution in [-0.2, 0) is 5.41 Å². The Bertz CT molecular complexity index is 2780. The van der Waals surface area contributed by atoms with Crippen LogP contribution in [0.1, 0.15) is 26.3 Å². The van der Waals surface area contributed by atoms with Gasteiger partial charge in [-0.15, -0.1) is 0 Å². The van der Waals surface area contributed by atoms with Gasteiger partial charge in [-0.3, -0.25) is 0 Å². The van der Waals surface area contributed by atoms with Crippen LogP contribution in [0.2, 0.25) is 0 Å². The Labute approximate surface area is 323 Å². The van der Waals surface area contributed by atoms with Gasteiger partial charge in [0.25, 0.3) is 0 Å². The van der Waals surface area contributed by atoms with Crippen LogP contribution in [0.15, 0.2) is 188 Å². The molecule has 2 heteroatoms. The molecule has 0 fully saturated rings. The largest absolute Gasteiger partial charge is 0.497 e. The summed E-state index contributed by atoms with van der Waals surface area (Å²) < 4.78 is 5.57. The summed E-state index contributed by atoms with van der Waals surface area (Å²) in [6, 6.07) is 68.5. The van der Waals surface area contributed by atoms with Crippen molar-refractivity contribution < 1.29 is 4.74 Å². The fourth-order valence-electron chi connectivity index (χ4n) is 8.16. The van der Waals surface area contributed by atoms with Crippen molar-refractivity contribution >= 4 is 49.4 Å². The van der Waals surface area contributed by atoms with E-state index in [1.165, 1.54) is 71.3 Å². The molecule has 9 aromatic carbocycles. The predicted molar refractivity (Wildman–Crippen MR) is 235 cm³/mol. The van der Waals surface area contributed by atoms with Crippen molar-refractivity contribution in [3.63, 3.8) is 0 Å². The Morgan fingerprint density at radius 2 is 0.891 bits per heavy atom. The van der Waals surface area contributed by atoms with Gasteiger partial charge < -0.3 is 9.64 Å². The Balaban J connectivity index is 1.41. The van der Waals surface area contributed by atoms with Crippen LogP contribution in [0.5, 0.6) is 5.75 Å². The highest BCUT2D eigenvalue weighted by atomic mass is 16.5. The van der Waals surface area contributed by atoms with Gasteiger partial charge in [0.15, 0.2) is 0 Å². The van der Waals surface area contributed by atoms with Crippen molar-refractivity contribution in [1.29, 1.82) is 0 Å². The summed E-state index contributed by atoms with van der Waals surface area (Å²) in [6.45, 7) is 6.79. The molecule has 0 radical (unpaired) electrons. The van der Waals surface area contributed by atoms with Gasteiger partial charge in [0.05, 0.1) is 7.11 Å². The van der Waals surface area contributed by atoms with Crippen LogP contribution < -0.4 is 9.64 Å². The van der Waals surface area contributed by atoms with Crippen LogP contribution in [0, 0.1) is 0 Å². The van der Waals surface area contributed by atoms with Gasteiger partial charge in [-0.05, 0) is 131 Å². The van der Waals surface area contributed by atoms with E-state index in [0.717, 1.165) is 22.8 Å². The molecule has 2 nitrogen and oxygen atoms in total. The second-order valence-corrected chi connectivity index (χ2v) is 15.3. The lowest BCUT2D eigenvalue weighted by Gasteiger charge is -2.28. The van der Waals surface area contributed by atoms with E-state index in [4.69, 9.17) is 4.74 Å². The summed E-state index contributed by atoms with van der Waals surface area (Å²) >= 11 is 0. The molecule has 0 amide bonds. The summed E-state index contributed by atoms with van der Waals surface area (Å²) in [5, 5.41) is 7.44. The van der Waals surface area contributed by atoms with Crippen molar-refractivity contribution in [3.8, 4) is 39.1 Å². The molecule has 0 spiro atoms. The summed E-state index contributed by atoms with van der Waals surface area (Å²) in [7, 11) is 1.72. The molecule has 0 aliphatic carbocycles. The van der Waals surface area contributed by atoms with E-state index in [-0.39, 0.29) is 5.41 Å². The van der Waals surface area contributed by atoms with Crippen LogP contribution in [0.3, 0.4) is 0 Å². The van der Waals surface area contributed by atoms with Crippen LogP contribution in [0.25, 0.3) is 65.7 Å². The Morgan fingerprint density at radius 3 is 1.47 bits per heavy atom. The first-order valence-corrected chi connectivity index (χ1v) is 19.1. The highest BCUT2D eigenvalue weighted by Crippen LogP contribution is 2.50. The summed E-state index contributed by atoms with van der Waals surface area (Å²) in [4.78, 5) is 2.36. The number of benzene rings is 9. The normalized spacial score (nSPS) is 11.6. The third-order valence-electron chi connectivity index (χ3n) is 10.9. The molecule has 266 valence electrons. The minimum atomic E-state index is 0.0556. The number of hydrogen-bond donors (Lipinski definition) is 0. The van der Waals surface area contributed by atoms with Gasteiger partial charge in [-0.25, -0.2) is 0 Å². The minimum Gasteiger partial charge on any atom is -0.497 e. The molecular formula is C53H43NO. The highest BCUT2D eigenvalue weighted by molar-refractivity contribution is 6.33. The first-order valence-electron chi connectivity index (χ1n) is 19.1. The van der Waals surface area contributed by atoms with E-state index in [0.29, 0.717) is 0 Å². The number of hydrogen-bond acceptors (Lipinski definition) is 2. The summed E-state index contributed by atoms with van der Waals surface area (Å²) in [6.07, 6.45) is 0. The Hall–Kier alpha value is -6.64. The molecule has 0 aliphatic heterocycles. The van der Waals surface area contributed by atoms with Crippen LogP contribution >= 0.6 is 0 Å². The van der Waals surface area contributed by atoms with E-state index in [2.05, 4.69) is 202 Å². The SMILES string of the molecule is COc1ccc(N(c2ccc(C(C)(C)C)cc2)c2ccc3c(c2)c2ccccc2c2c(-c4ccccc4)cc(-c4ccccc4)c(-c4ccccc4)c32)cc1. The smallest absolute Gasteiger partial charge is 0.119 e. The first kappa shape index (κ1) is 34.1. The minimum absolute atomic E-state index is 0.0556. The molecule has 9 rings (SSSR count). The third-order valence-corrected chi connectivity index (χ3v) is 10.9. The standard InChI is InChI=1S/C53H43NO/c1-53(2,3)39-24-26-40(27-25-39)54(41-28-31-43(55-4)32-29-41)42-30-33-46-49(34-42)44-22-14-15-23-45(44)51-48(37-18-10-6-11-19-37)35-47(36-16-8-5-9-17-36)50(52(46)51)38-20-12-7-13-21-38/h5-35H,1-4H3. The van der Waals surface area contributed by atoms with Crippen molar-refractivity contribution in [3.05, 3.63) is 194 Å². The molecule has 0 aliphatic rings. The lowest BCUT2D eigenvalue weighted by atomic mass is 9.81. The lowest BCUT2D eigenvalue weighted by molar-refractivity contribution is 0.415. The number of anilines is 3. The molecule has 0 aromatic heterocycles. The number of rotatable bonds is 7. The first-order chi connectivity index (χ1) is 26.9. The molecule has 0 N–H and O–H groups in total. The van der Waals surface area contributed by atoms with Gasteiger partial charge >= 0.3 is 0 Å². The van der Waals surface area contributed by atoms with E-state index in [1.807, 2.05) is 12.1 Å². The topological polar surface area (TPSA) is 12.5 Å². The maximum atomic E-state index is 5.57. The second-order valence-electron chi connectivity index (χ2n) is 15.3. The number of nitrogens with zero attached hydrogens (tertiary/aromatic N) is 1. The molecule has 55 heavy (non-hydrogen) atoms. The lowest BCUT2D eigenvalue weighted by Crippen LogP contribution is -2.13. The summed E-state index contributed by atoms with van der Waals surface area (Å²) in [5.74, 6) is 0.833. The van der Waals surface area contributed by atoms with Crippen molar-refractivity contribution in [2.24, 2.45) is 0 Å². The fraction of sp³-hybridized carbons (Fsp3) is 0.0943. The van der Waals surface area contributed by atoms with Crippen LogP contribution in [-0.4, -0.2) is 7.11 Å². The van der Waals surface area contributed by atoms with Crippen molar-refractivity contribution in [1.82, 2.24) is 0 Å². The average molecular weight is 710 g/mol. The molecule has 0 saturated heterocycles. The van der Waals surface area contributed by atoms with Crippen LogP contribution in [0.4, 0.5) is 17.1 Å². The Kier molecular flexibility index (Phi) is 8.67. The second kappa shape index (κ2) is 14.0. The zero-order chi connectivity index (χ0) is 37.5. The molecule has 9 aromatic rings. The van der Waals surface area contributed by atoms with E-state index >= 15 is 0 Å². The predicted octanol–water partition coefficient (Wildman–Crippen LogP) is 14.9. The van der Waals surface area contributed by atoms with Gasteiger partial charge in [0.1, 0.15) is 5.75 Å². The van der Waals surface area contributed by atoms with Crippen molar-refractivity contribution in [2.45, 2.75) is 26.2 Å². The van der Waals surface area contributed by atoms with Crippen molar-refractivity contribution in [2.75, 3.05) is 12.0 Å². The average Bonchev–Trinajstić information content (AvgIpc) is 3.24. The number of methoxy groups -OCH3 is 1. The molecule has 0 heterocycles. The molecule has 0 atom stereocenters. The van der Waals surface area contributed by atoms with Gasteiger partial charge in [0, 0.05) is 17.1 Å². The number of ether oxygens (including phenoxy) is 1. The fourth-order valence-corrected chi connectivity index (χ4v) is 8.16. The molecular weight excluding hydrogens is 667 g/mol. The maximum absolute atomic E-state index is 5.57. The van der Waals surface area contributed by atoms with E-state index < -0.39 is 0 Å². The van der Waals surface area contributed by atoms with Gasteiger partial charge in [-0.1, -0.05) is 154 Å². The van der Waals surface area contributed by atoms with E-state index in [1.54, 1.807) is 7.11 Å². The molecule has 0 saturated carbocycles. The molecule has 0 unspecified atom stereocenters.